The van der Waals surface area contributed by atoms with Crippen LogP contribution in [0.2, 0.25) is 0 Å². The van der Waals surface area contributed by atoms with Gasteiger partial charge in [0.1, 0.15) is 11.6 Å². The number of ether oxygens (including phenoxy) is 1. The van der Waals surface area contributed by atoms with Gasteiger partial charge in [0.2, 0.25) is 0 Å². The Morgan fingerprint density at radius 2 is 1.68 bits per heavy atom. The van der Waals surface area contributed by atoms with Crippen LogP contribution in [0.5, 0.6) is 5.75 Å². The van der Waals surface area contributed by atoms with E-state index in [0.717, 1.165) is 12.1 Å². The van der Waals surface area contributed by atoms with E-state index in [9.17, 15) is 18.0 Å². The first-order chi connectivity index (χ1) is 14.9. The zero-order valence-corrected chi connectivity index (χ0v) is 16.4. The maximum atomic E-state index is 13.3. The predicted molar refractivity (Wildman–Crippen MR) is 114 cm³/mol. The minimum absolute atomic E-state index is 0.269. The molecule has 0 unspecified atom stereocenters. The Kier molecular flexibility index (Phi) is 5.33. The average molecular weight is 422 g/mol. The molecule has 31 heavy (non-hydrogen) atoms. The predicted octanol–water partition coefficient (Wildman–Crippen LogP) is 5.58. The lowest BCUT2D eigenvalue weighted by molar-refractivity contribution is -0.137. The van der Waals surface area contributed by atoms with E-state index in [2.05, 4.69) is 4.98 Å². The Labute approximate surface area is 175 Å². The molecule has 4 rings (SSSR count). The SMILES string of the molecule is COc1ccccc1-n1c(C=Cc2cccc(C(F)(F)F)c2)nc2ccccc2c1=O. The van der Waals surface area contributed by atoms with Crippen LogP contribution in [0.15, 0.2) is 77.6 Å². The number of benzene rings is 3. The normalized spacial score (nSPS) is 11.9. The number of para-hydroxylation sites is 3. The topological polar surface area (TPSA) is 44.1 Å². The number of nitrogens with zero attached hydrogens (tertiary/aromatic N) is 2. The molecule has 7 heteroatoms. The number of alkyl halides is 3. The number of hydrogen-bond acceptors (Lipinski definition) is 3. The zero-order chi connectivity index (χ0) is 22.0. The van der Waals surface area contributed by atoms with E-state index in [1.807, 2.05) is 0 Å². The Morgan fingerprint density at radius 3 is 2.45 bits per heavy atom. The number of halogens is 3. The highest BCUT2D eigenvalue weighted by Crippen LogP contribution is 2.30. The first-order valence-electron chi connectivity index (χ1n) is 9.39. The van der Waals surface area contributed by atoms with Gasteiger partial charge in [-0.2, -0.15) is 13.2 Å². The van der Waals surface area contributed by atoms with Gasteiger partial charge in [-0.1, -0.05) is 42.5 Å². The van der Waals surface area contributed by atoms with Crippen LogP contribution < -0.4 is 10.3 Å². The van der Waals surface area contributed by atoms with Crippen molar-refractivity contribution in [3.63, 3.8) is 0 Å². The maximum Gasteiger partial charge on any atom is 0.416 e. The van der Waals surface area contributed by atoms with Crippen molar-refractivity contribution in [1.29, 1.82) is 0 Å². The van der Waals surface area contributed by atoms with Crippen LogP contribution in [-0.4, -0.2) is 16.7 Å². The highest BCUT2D eigenvalue weighted by Gasteiger charge is 2.30. The first-order valence-corrected chi connectivity index (χ1v) is 9.39. The van der Waals surface area contributed by atoms with Gasteiger partial charge < -0.3 is 4.74 Å². The fraction of sp³-hybridized carbons (Fsp3) is 0.0833. The van der Waals surface area contributed by atoms with Gasteiger partial charge in [-0.15, -0.1) is 0 Å². The second-order valence-corrected chi connectivity index (χ2v) is 6.76. The molecule has 4 nitrogen and oxygen atoms in total. The molecule has 156 valence electrons. The summed E-state index contributed by atoms with van der Waals surface area (Å²) in [5.74, 6) is 0.737. The molecule has 0 bridgehead atoms. The molecular weight excluding hydrogens is 405 g/mol. The summed E-state index contributed by atoms with van der Waals surface area (Å²) in [7, 11) is 1.50. The highest BCUT2D eigenvalue weighted by molar-refractivity contribution is 5.80. The molecule has 3 aromatic carbocycles. The number of aromatic nitrogens is 2. The van der Waals surface area contributed by atoms with E-state index in [0.29, 0.717) is 27.9 Å². The van der Waals surface area contributed by atoms with Crippen molar-refractivity contribution < 1.29 is 17.9 Å². The third-order valence-corrected chi connectivity index (χ3v) is 4.77. The fourth-order valence-electron chi connectivity index (χ4n) is 3.30. The highest BCUT2D eigenvalue weighted by atomic mass is 19.4. The molecule has 0 N–H and O–H groups in total. The Balaban J connectivity index is 1.92. The summed E-state index contributed by atoms with van der Waals surface area (Å²) >= 11 is 0. The van der Waals surface area contributed by atoms with Crippen LogP contribution in [-0.2, 0) is 6.18 Å². The molecule has 1 heterocycles. The van der Waals surface area contributed by atoms with Gasteiger partial charge in [-0.25, -0.2) is 4.98 Å². The van der Waals surface area contributed by atoms with Crippen molar-refractivity contribution in [3.8, 4) is 11.4 Å². The van der Waals surface area contributed by atoms with Crippen molar-refractivity contribution in [1.82, 2.24) is 9.55 Å². The maximum absolute atomic E-state index is 13.3. The smallest absolute Gasteiger partial charge is 0.416 e. The minimum atomic E-state index is -4.44. The standard InChI is InChI=1S/C24H17F3N2O2/c1-31-21-12-5-4-11-20(21)29-22(28-19-10-3-2-9-18(19)23(29)30)14-13-16-7-6-8-17(15-16)24(25,26)27/h2-15H,1H3. The number of hydrogen-bond donors (Lipinski definition) is 0. The summed E-state index contributed by atoms with van der Waals surface area (Å²) in [5, 5.41) is 0.421. The third-order valence-electron chi connectivity index (χ3n) is 4.77. The van der Waals surface area contributed by atoms with Gasteiger partial charge in [-0.05, 0) is 48.0 Å². The van der Waals surface area contributed by atoms with Gasteiger partial charge in [0.15, 0.2) is 0 Å². The molecule has 0 saturated heterocycles. The molecular formula is C24H17F3N2O2. The largest absolute Gasteiger partial charge is 0.495 e. The summed E-state index contributed by atoms with van der Waals surface area (Å²) in [6, 6.07) is 18.8. The summed E-state index contributed by atoms with van der Waals surface area (Å²) < 4.78 is 45.9. The molecule has 1 aromatic heterocycles. The van der Waals surface area contributed by atoms with Crippen LogP contribution in [0.4, 0.5) is 13.2 Å². The van der Waals surface area contributed by atoms with Crippen LogP contribution in [0.1, 0.15) is 17.0 Å². The molecule has 0 aliphatic carbocycles. The molecule has 0 radical (unpaired) electrons. The van der Waals surface area contributed by atoms with Crippen molar-refractivity contribution in [2.75, 3.05) is 7.11 Å². The lowest BCUT2D eigenvalue weighted by Crippen LogP contribution is -2.22. The van der Waals surface area contributed by atoms with Crippen LogP contribution >= 0.6 is 0 Å². The van der Waals surface area contributed by atoms with E-state index < -0.39 is 11.7 Å². The van der Waals surface area contributed by atoms with Gasteiger partial charge in [0.05, 0.1) is 29.3 Å². The van der Waals surface area contributed by atoms with Crippen LogP contribution in [0, 0.1) is 0 Å². The summed E-state index contributed by atoms with van der Waals surface area (Å²) in [5.41, 5.74) is 0.255. The van der Waals surface area contributed by atoms with Gasteiger partial charge in [-0.3, -0.25) is 9.36 Å². The Morgan fingerprint density at radius 1 is 0.935 bits per heavy atom. The minimum Gasteiger partial charge on any atom is -0.495 e. The lowest BCUT2D eigenvalue weighted by Gasteiger charge is -2.14. The summed E-state index contributed by atoms with van der Waals surface area (Å²) in [6.45, 7) is 0. The second kappa shape index (κ2) is 8.10. The molecule has 0 fully saturated rings. The monoisotopic (exact) mass is 422 g/mol. The first kappa shape index (κ1) is 20.4. The quantitative estimate of drug-likeness (QED) is 0.431. The number of rotatable bonds is 4. The summed E-state index contributed by atoms with van der Waals surface area (Å²) in [4.78, 5) is 17.9. The van der Waals surface area contributed by atoms with Crippen molar-refractivity contribution in [3.05, 3.63) is 100 Å². The van der Waals surface area contributed by atoms with Crippen LogP contribution in [0.25, 0.3) is 28.7 Å². The number of fused-ring (bicyclic) bond motifs is 1. The van der Waals surface area contributed by atoms with E-state index in [1.54, 1.807) is 54.6 Å². The Bertz CT molecular complexity index is 1340. The van der Waals surface area contributed by atoms with E-state index in [-0.39, 0.29) is 11.4 Å². The van der Waals surface area contributed by atoms with E-state index in [4.69, 9.17) is 4.74 Å². The molecule has 4 aromatic rings. The Hall–Kier alpha value is -3.87. The lowest BCUT2D eigenvalue weighted by atomic mass is 10.1. The van der Waals surface area contributed by atoms with E-state index in [1.165, 1.54) is 29.9 Å². The average Bonchev–Trinajstić information content (AvgIpc) is 2.77. The van der Waals surface area contributed by atoms with Crippen LogP contribution in [0.3, 0.4) is 0 Å². The third kappa shape index (κ3) is 4.07. The van der Waals surface area contributed by atoms with Gasteiger partial charge in [0, 0.05) is 0 Å². The van der Waals surface area contributed by atoms with Gasteiger partial charge in [0.25, 0.3) is 5.56 Å². The number of methoxy groups -OCH3 is 1. The second-order valence-electron chi connectivity index (χ2n) is 6.76. The fourth-order valence-corrected chi connectivity index (χ4v) is 3.30. The summed E-state index contributed by atoms with van der Waals surface area (Å²) in [6.07, 6.45) is -1.42. The molecule has 0 aliphatic heterocycles. The zero-order valence-electron chi connectivity index (χ0n) is 16.4. The molecule has 0 amide bonds. The van der Waals surface area contributed by atoms with E-state index >= 15 is 0 Å². The molecule has 0 saturated carbocycles. The molecule has 0 atom stereocenters. The molecule has 0 aliphatic rings. The van der Waals surface area contributed by atoms with Crippen molar-refractivity contribution >= 4 is 23.1 Å². The van der Waals surface area contributed by atoms with Crippen molar-refractivity contribution in [2.24, 2.45) is 0 Å². The molecule has 0 spiro atoms. The van der Waals surface area contributed by atoms with Gasteiger partial charge >= 0.3 is 6.18 Å². The van der Waals surface area contributed by atoms with Crippen molar-refractivity contribution in [2.45, 2.75) is 6.18 Å².